The summed E-state index contributed by atoms with van der Waals surface area (Å²) in [6.07, 6.45) is 2.58. The molecule has 0 radical (unpaired) electrons. The van der Waals surface area contributed by atoms with Gasteiger partial charge in [-0.05, 0) is 40.7 Å². The number of benzene rings is 2. The summed E-state index contributed by atoms with van der Waals surface area (Å²) < 4.78 is 0. The molecule has 3 aliphatic carbocycles. The van der Waals surface area contributed by atoms with Gasteiger partial charge in [0.15, 0.2) is 0 Å². The fourth-order valence-corrected chi connectivity index (χ4v) is 3.95. The van der Waals surface area contributed by atoms with E-state index in [1.807, 2.05) is 0 Å². The third-order valence-corrected chi connectivity index (χ3v) is 4.66. The van der Waals surface area contributed by atoms with Crippen molar-refractivity contribution in [3.05, 3.63) is 70.3 Å². The van der Waals surface area contributed by atoms with E-state index in [1.165, 1.54) is 29.5 Å². The molecule has 5 rings (SSSR count). The van der Waals surface area contributed by atoms with Gasteiger partial charge < -0.3 is 5.73 Å². The highest BCUT2D eigenvalue weighted by atomic mass is 14.5. The Balaban J connectivity index is 2.01. The normalized spacial score (nSPS) is 23.6. The lowest BCUT2D eigenvalue weighted by Crippen LogP contribution is -2.26. The van der Waals surface area contributed by atoms with Crippen LogP contribution in [0.3, 0.4) is 0 Å². The molecule has 0 fully saturated rings. The van der Waals surface area contributed by atoms with Crippen LogP contribution in [0.5, 0.6) is 0 Å². The van der Waals surface area contributed by atoms with Crippen molar-refractivity contribution in [2.75, 3.05) is 0 Å². The maximum Gasteiger partial charge on any atom is 0.0181 e. The lowest BCUT2D eigenvalue weighted by atomic mass is 9.63. The van der Waals surface area contributed by atoms with Gasteiger partial charge in [0.2, 0.25) is 0 Å². The summed E-state index contributed by atoms with van der Waals surface area (Å²) in [6, 6.07) is 15.6. The molecule has 0 spiro atoms. The number of nitrogens with two attached hydrogens (primary N) is 1. The molecule has 0 saturated carbocycles. The summed E-state index contributed by atoms with van der Waals surface area (Å²) in [5, 5.41) is 0. The van der Waals surface area contributed by atoms with Crippen LogP contribution in [-0.2, 0) is 6.54 Å². The zero-order valence-electron chi connectivity index (χ0n) is 10.4. The van der Waals surface area contributed by atoms with Crippen molar-refractivity contribution in [2.45, 2.75) is 31.2 Å². The Morgan fingerprint density at radius 2 is 1.50 bits per heavy atom. The molecule has 2 atom stereocenters. The largest absolute Gasteiger partial charge is 0.326 e. The number of hydrogen-bond acceptors (Lipinski definition) is 1. The van der Waals surface area contributed by atoms with E-state index in [2.05, 4.69) is 42.5 Å². The van der Waals surface area contributed by atoms with E-state index >= 15 is 0 Å². The van der Waals surface area contributed by atoms with Crippen molar-refractivity contribution >= 4 is 0 Å². The average Bonchev–Trinajstić information content (AvgIpc) is 2.47. The second kappa shape index (κ2) is 3.69. The Morgan fingerprint density at radius 3 is 2.28 bits per heavy atom. The van der Waals surface area contributed by atoms with Gasteiger partial charge in [-0.15, -0.1) is 0 Å². The molecule has 0 aromatic heterocycles. The van der Waals surface area contributed by atoms with Crippen molar-refractivity contribution < 1.29 is 0 Å². The standard InChI is InChI=1S/C17H17N/c18-10-11-4-3-7-15-14-8-9-16(17(11)15)13-6-2-1-5-12(13)14/h1-7,14,16H,8-10,18H2. The highest BCUT2D eigenvalue weighted by molar-refractivity contribution is 5.57. The topological polar surface area (TPSA) is 26.0 Å². The summed E-state index contributed by atoms with van der Waals surface area (Å²) in [5.41, 5.74) is 13.4. The average molecular weight is 235 g/mol. The van der Waals surface area contributed by atoms with Crippen LogP contribution in [0.4, 0.5) is 0 Å². The van der Waals surface area contributed by atoms with Crippen LogP contribution in [0.2, 0.25) is 0 Å². The van der Waals surface area contributed by atoms with Gasteiger partial charge in [-0.3, -0.25) is 0 Å². The van der Waals surface area contributed by atoms with Gasteiger partial charge in [-0.25, -0.2) is 0 Å². The summed E-state index contributed by atoms with van der Waals surface area (Å²) in [4.78, 5) is 0. The molecule has 2 bridgehead atoms. The predicted octanol–water partition coefficient (Wildman–Crippen LogP) is 3.52. The Labute approximate surface area is 108 Å². The van der Waals surface area contributed by atoms with Gasteiger partial charge in [-0.1, -0.05) is 42.5 Å². The van der Waals surface area contributed by atoms with E-state index in [9.17, 15) is 0 Å². The highest BCUT2D eigenvalue weighted by Gasteiger charge is 2.37. The molecule has 1 nitrogen and oxygen atoms in total. The van der Waals surface area contributed by atoms with E-state index in [0.717, 1.165) is 0 Å². The van der Waals surface area contributed by atoms with Crippen LogP contribution in [0.15, 0.2) is 42.5 Å². The molecule has 2 aromatic rings. The molecular formula is C17H17N. The van der Waals surface area contributed by atoms with E-state index in [-0.39, 0.29) is 0 Å². The maximum absolute atomic E-state index is 5.93. The molecule has 0 aliphatic heterocycles. The van der Waals surface area contributed by atoms with Crippen LogP contribution >= 0.6 is 0 Å². The van der Waals surface area contributed by atoms with Crippen molar-refractivity contribution in [2.24, 2.45) is 5.73 Å². The van der Waals surface area contributed by atoms with Crippen molar-refractivity contribution in [3.63, 3.8) is 0 Å². The molecule has 0 heterocycles. The third kappa shape index (κ3) is 1.20. The second-order valence-electron chi connectivity index (χ2n) is 5.44. The molecule has 2 N–H and O–H groups in total. The Kier molecular flexibility index (Phi) is 2.12. The third-order valence-electron chi connectivity index (χ3n) is 4.66. The van der Waals surface area contributed by atoms with E-state index in [4.69, 9.17) is 5.73 Å². The highest BCUT2D eigenvalue weighted by Crippen LogP contribution is 2.53. The minimum Gasteiger partial charge on any atom is -0.326 e. The van der Waals surface area contributed by atoms with Gasteiger partial charge in [0.25, 0.3) is 0 Å². The number of fused-ring (bicyclic) bond motifs is 1. The summed E-state index contributed by atoms with van der Waals surface area (Å²) in [7, 11) is 0. The van der Waals surface area contributed by atoms with Crippen LogP contribution < -0.4 is 5.73 Å². The number of hydrogen-bond donors (Lipinski definition) is 1. The summed E-state index contributed by atoms with van der Waals surface area (Å²) in [5.74, 6) is 1.19. The first-order chi connectivity index (χ1) is 8.90. The smallest absolute Gasteiger partial charge is 0.0181 e. The van der Waals surface area contributed by atoms with Gasteiger partial charge in [-0.2, -0.15) is 0 Å². The zero-order valence-corrected chi connectivity index (χ0v) is 10.4. The SMILES string of the molecule is NCc1cccc2c1C1CCC2c2ccccc21. The zero-order chi connectivity index (χ0) is 12.1. The monoisotopic (exact) mass is 235 g/mol. The van der Waals surface area contributed by atoms with Gasteiger partial charge in [0.05, 0.1) is 0 Å². The Morgan fingerprint density at radius 1 is 0.833 bits per heavy atom. The quantitative estimate of drug-likeness (QED) is 0.804. The molecular weight excluding hydrogens is 218 g/mol. The van der Waals surface area contributed by atoms with Crippen LogP contribution in [0.25, 0.3) is 0 Å². The van der Waals surface area contributed by atoms with Crippen LogP contribution in [-0.4, -0.2) is 0 Å². The van der Waals surface area contributed by atoms with Crippen molar-refractivity contribution in [1.29, 1.82) is 0 Å². The molecule has 1 heteroatoms. The Hall–Kier alpha value is -1.60. The fourth-order valence-electron chi connectivity index (χ4n) is 3.95. The van der Waals surface area contributed by atoms with Gasteiger partial charge in [0.1, 0.15) is 0 Å². The van der Waals surface area contributed by atoms with Crippen molar-refractivity contribution in [3.8, 4) is 0 Å². The predicted molar refractivity (Wildman–Crippen MR) is 73.7 cm³/mol. The van der Waals surface area contributed by atoms with Gasteiger partial charge in [0, 0.05) is 18.4 Å². The molecule has 18 heavy (non-hydrogen) atoms. The lowest BCUT2D eigenvalue weighted by molar-refractivity contribution is 0.516. The van der Waals surface area contributed by atoms with E-state index in [0.29, 0.717) is 18.4 Å². The summed E-state index contributed by atoms with van der Waals surface area (Å²) in [6.45, 7) is 0.661. The molecule has 0 amide bonds. The van der Waals surface area contributed by atoms with Crippen LogP contribution in [0.1, 0.15) is 52.5 Å². The molecule has 0 saturated heterocycles. The number of rotatable bonds is 1. The minimum absolute atomic E-state index is 0.584. The fraction of sp³-hybridized carbons (Fsp3) is 0.294. The first-order valence-electron chi connectivity index (χ1n) is 6.80. The molecule has 90 valence electrons. The second-order valence-corrected chi connectivity index (χ2v) is 5.44. The van der Waals surface area contributed by atoms with E-state index < -0.39 is 0 Å². The maximum atomic E-state index is 5.93. The first-order valence-corrected chi connectivity index (χ1v) is 6.80. The molecule has 3 aliphatic rings. The van der Waals surface area contributed by atoms with Crippen LogP contribution in [0, 0.1) is 0 Å². The van der Waals surface area contributed by atoms with Crippen molar-refractivity contribution in [1.82, 2.24) is 0 Å². The first kappa shape index (κ1) is 10.3. The minimum atomic E-state index is 0.584. The summed E-state index contributed by atoms with van der Waals surface area (Å²) >= 11 is 0. The molecule has 2 aromatic carbocycles. The lowest BCUT2D eigenvalue weighted by Gasteiger charge is -2.41. The van der Waals surface area contributed by atoms with Gasteiger partial charge >= 0.3 is 0 Å². The Bertz CT molecular complexity index is 615. The molecule has 2 unspecified atom stereocenters. The van der Waals surface area contributed by atoms with E-state index in [1.54, 1.807) is 11.1 Å².